The van der Waals surface area contributed by atoms with Crippen molar-refractivity contribution in [1.29, 1.82) is 0 Å². The van der Waals surface area contributed by atoms with Crippen LogP contribution in [0.3, 0.4) is 0 Å². The van der Waals surface area contributed by atoms with E-state index in [0.717, 1.165) is 28.3 Å². The molecule has 0 fully saturated rings. The first-order valence-corrected chi connectivity index (χ1v) is 6.54. The van der Waals surface area contributed by atoms with Crippen molar-refractivity contribution in [2.45, 2.75) is 6.92 Å². The molecule has 3 heteroatoms. The number of rotatable bonds is 3. The van der Waals surface area contributed by atoms with Crippen LogP contribution < -0.4 is 4.74 Å². The Morgan fingerprint density at radius 1 is 1.00 bits per heavy atom. The maximum Gasteiger partial charge on any atom is 0.128 e. The first kappa shape index (κ1) is 12.5. The fourth-order valence-corrected chi connectivity index (χ4v) is 2.25. The summed E-state index contributed by atoms with van der Waals surface area (Å²) in [7, 11) is 1.68. The Bertz CT molecular complexity index is 717. The number of nitrogens with one attached hydrogen (secondary N) is 1. The van der Waals surface area contributed by atoms with Gasteiger partial charge in [-0.25, -0.2) is 0 Å². The van der Waals surface area contributed by atoms with E-state index in [1.807, 2.05) is 48.5 Å². The quantitative estimate of drug-likeness (QED) is 0.774. The van der Waals surface area contributed by atoms with Gasteiger partial charge in [0.05, 0.1) is 18.5 Å². The van der Waals surface area contributed by atoms with Crippen molar-refractivity contribution in [1.82, 2.24) is 10.2 Å². The predicted molar refractivity (Wildman–Crippen MR) is 80.7 cm³/mol. The van der Waals surface area contributed by atoms with Gasteiger partial charge in [0.15, 0.2) is 0 Å². The lowest BCUT2D eigenvalue weighted by Crippen LogP contribution is -1.88. The lowest BCUT2D eigenvalue weighted by atomic mass is 10.1. The van der Waals surface area contributed by atoms with Crippen molar-refractivity contribution in [3.05, 3.63) is 60.2 Å². The molecule has 0 radical (unpaired) electrons. The molecule has 0 aliphatic carbocycles. The summed E-state index contributed by atoms with van der Waals surface area (Å²) in [5.74, 6) is 0.846. The van der Waals surface area contributed by atoms with E-state index in [9.17, 15) is 0 Å². The van der Waals surface area contributed by atoms with Gasteiger partial charge in [-0.1, -0.05) is 42.0 Å². The summed E-state index contributed by atoms with van der Waals surface area (Å²) in [4.78, 5) is 0. The van der Waals surface area contributed by atoms with Crippen LogP contribution in [0.25, 0.3) is 22.5 Å². The molecule has 100 valence electrons. The lowest BCUT2D eigenvalue weighted by molar-refractivity contribution is 0.416. The monoisotopic (exact) mass is 264 g/mol. The molecule has 1 N–H and O–H groups in total. The second-order valence-corrected chi connectivity index (χ2v) is 4.74. The standard InChI is InChI=1S/C17H16N2O/c1-12-8-9-17(20-2)14(10-12)16-11-15(18-19-16)13-6-4-3-5-7-13/h3-11H,1-2H3,(H,18,19). The zero-order valence-corrected chi connectivity index (χ0v) is 11.6. The molecular weight excluding hydrogens is 248 g/mol. The molecule has 0 spiro atoms. The zero-order valence-electron chi connectivity index (χ0n) is 11.6. The maximum absolute atomic E-state index is 5.42. The number of nitrogens with zero attached hydrogens (tertiary/aromatic N) is 1. The first-order valence-electron chi connectivity index (χ1n) is 6.54. The van der Waals surface area contributed by atoms with Gasteiger partial charge in [-0.3, -0.25) is 5.10 Å². The SMILES string of the molecule is COc1ccc(C)cc1-c1cc(-c2ccccc2)n[nH]1. The number of aryl methyl sites for hydroxylation is 1. The second kappa shape index (κ2) is 5.21. The summed E-state index contributed by atoms with van der Waals surface area (Å²) in [6.45, 7) is 2.07. The number of benzene rings is 2. The molecule has 1 aromatic heterocycles. The number of methoxy groups -OCH3 is 1. The largest absolute Gasteiger partial charge is 0.496 e. The van der Waals surface area contributed by atoms with E-state index >= 15 is 0 Å². The van der Waals surface area contributed by atoms with Gasteiger partial charge in [0, 0.05) is 11.1 Å². The minimum Gasteiger partial charge on any atom is -0.496 e. The molecule has 0 atom stereocenters. The van der Waals surface area contributed by atoms with Crippen molar-refractivity contribution in [3.8, 4) is 28.3 Å². The van der Waals surface area contributed by atoms with Gasteiger partial charge in [-0.05, 0) is 25.1 Å². The van der Waals surface area contributed by atoms with E-state index < -0.39 is 0 Å². The van der Waals surface area contributed by atoms with Crippen LogP contribution in [-0.2, 0) is 0 Å². The zero-order chi connectivity index (χ0) is 13.9. The molecule has 0 saturated carbocycles. The third-order valence-corrected chi connectivity index (χ3v) is 3.29. The van der Waals surface area contributed by atoms with Crippen LogP contribution in [0.5, 0.6) is 5.75 Å². The third kappa shape index (κ3) is 2.30. The predicted octanol–water partition coefficient (Wildman–Crippen LogP) is 4.06. The number of aromatic amines is 1. The molecule has 3 nitrogen and oxygen atoms in total. The van der Waals surface area contributed by atoms with Crippen molar-refractivity contribution in [2.24, 2.45) is 0 Å². The Labute approximate surface area is 118 Å². The Hall–Kier alpha value is -2.55. The average Bonchev–Trinajstić information content (AvgIpc) is 2.98. The number of hydrogen-bond donors (Lipinski definition) is 1. The third-order valence-electron chi connectivity index (χ3n) is 3.29. The van der Waals surface area contributed by atoms with Crippen molar-refractivity contribution in [2.75, 3.05) is 7.11 Å². The molecule has 0 saturated heterocycles. The normalized spacial score (nSPS) is 10.5. The average molecular weight is 264 g/mol. The van der Waals surface area contributed by atoms with E-state index in [-0.39, 0.29) is 0 Å². The first-order chi connectivity index (χ1) is 9.78. The Kier molecular flexibility index (Phi) is 3.25. The van der Waals surface area contributed by atoms with Crippen molar-refractivity contribution in [3.63, 3.8) is 0 Å². The van der Waals surface area contributed by atoms with Crippen LogP contribution in [0, 0.1) is 6.92 Å². The fraction of sp³-hybridized carbons (Fsp3) is 0.118. The van der Waals surface area contributed by atoms with Gasteiger partial charge < -0.3 is 4.74 Å². The van der Waals surface area contributed by atoms with Crippen molar-refractivity contribution < 1.29 is 4.74 Å². The second-order valence-electron chi connectivity index (χ2n) is 4.74. The Balaban J connectivity index is 2.04. The Morgan fingerprint density at radius 3 is 2.55 bits per heavy atom. The van der Waals surface area contributed by atoms with Crippen LogP contribution in [0.15, 0.2) is 54.6 Å². The summed E-state index contributed by atoms with van der Waals surface area (Å²) >= 11 is 0. The molecular formula is C17H16N2O. The molecule has 0 aliphatic heterocycles. The van der Waals surface area contributed by atoms with Gasteiger partial charge in [0.1, 0.15) is 5.75 Å². The number of aromatic nitrogens is 2. The molecule has 3 rings (SSSR count). The van der Waals surface area contributed by atoms with E-state index in [1.165, 1.54) is 5.56 Å². The molecule has 0 unspecified atom stereocenters. The van der Waals surface area contributed by atoms with Crippen LogP contribution >= 0.6 is 0 Å². The summed E-state index contributed by atoms with van der Waals surface area (Å²) in [6, 6.07) is 18.3. The van der Waals surface area contributed by atoms with Gasteiger partial charge in [0.2, 0.25) is 0 Å². The van der Waals surface area contributed by atoms with E-state index in [2.05, 4.69) is 23.2 Å². The van der Waals surface area contributed by atoms with Crippen molar-refractivity contribution >= 4 is 0 Å². The topological polar surface area (TPSA) is 37.9 Å². The highest BCUT2D eigenvalue weighted by Crippen LogP contribution is 2.31. The minimum absolute atomic E-state index is 0.846. The summed E-state index contributed by atoms with van der Waals surface area (Å²) in [5, 5.41) is 7.48. The molecule has 2 aromatic carbocycles. The molecule has 0 amide bonds. The van der Waals surface area contributed by atoms with Gasteiger partial charge >= 0.3 is 0 Å². The number of H-pyrrole nitrogens is 1. The molecule has 20 heavy (non-hydrogen) atoms. The molecule has 0 aliphatic rings. The van der Waals surface area contributed by atoms with E-state index in [0.29, 0.717) is 0 Å². The molecule has 0 bridgehead atoms. The molecule has 3 aromatic rings. The summed E-state index contributed by atoms with van der Waals surface area (Å²) < 4.78 is 5.42. The van der Waals surface area contributed by atoms with Crippen LogP contribution in [0.2, 0.25) is 0 Å². The van der Waals surface area contributed by atoms with E-state index in [4.69, 9.17) is 4.74 Å². The van der Waals surface area contributed by atoms with Gasteiger partial charge in [-0.15, -0.1) is 0 Å². The van der Waals surface area contributed by atoms with Crippen LogP contribution in [0.4, 0.5) is 0 Å². The van der Waals surface area contributed by atoms with Gasteiger partial charge in [-0.2, -0.15) is 5.10 Å². The smallest absolute Gasteiger partial charge is 0.128 e. The minimum atomic E-state index is 0.846. The summed E-state index contributed by atoms with van der Waals surface area (Å²) in [6.07, 6.45) is 0. The highest BCUT2D eigenvalue weighted by molar-refractivity contribution is 5.72. The number of ether oxygens (including phenoxy) is 1. The number of hydrogen-bond acceptors (Lipinski definition) is 2. The highest BCUT2D eigenvalue weighted by atomic mass is 16.5. The Morgan fingerprint density at radius 2 is 1.80 bits per heavy atom. The molecule has 1 heterocycles. The van der Waals surface area contributed by atoms with Gasteiger partial charge in [0.25, 0.3) is 0 Å². The van der Waals surface area contributed by atoms with Crippen LogP contribution in [-0.4, -0.2) is 17.3 Å². The van der Waals surface area contributed by atoms with Crippen LogP contribution in [0.1, 0.15) is 5.56 Å². The maximum atomic E-state index is 5.42. The van der Waals surface area contributed by atoms with E-state index in [1.54, 1.807) is 7.11 Å². The fourth-order valence-electron chi connectivity index (χ4n) is 2.25. The highest BCUT2D eigenvalue weighted by Gasteiger charge is 2.10. The lowest BCUT2D eigenvalue weighted by Gasteiger charge is -2.07. The summed E-state index contributed by atoms with van der Waals surface area (Å²) in [5.41, 5.74) is 5.22.